The molecule has 0 bridgehead atoms. The molecule has 0 saturated heterocycles. The zero-order chi connectivity index (χ0) is 12.0. The van der Waals surface area contributed by atoms with Crippen LogP contribution in [0.5, 0.6) is 0 Å². The maximum absolute atomic E-state index is 6.12. The first-order valence-corrected chi connectivity index (χ1v) is 6.77. The fourth-order valence-electron chi connectivity index (χ4n) is 1.40. The monoisotopic (exact) mass is 295 g/mol. The van der Waals surface area contributed by atoms with Gasteiger partial charge < -0.3 is 5.32 Å². The van der Waals surface area contributed by atoms with Crippen molar-refractivity contribution in [3.8, 4) is 0 Å². The van der Waals surface area contributed by atoms with Gasteiger partial charge in [0, 0.05) is 37.2 Å². The summed E-state index contributed by atoms with van der Waals surface area (Å²) in [7, 11) is 1.86. The van der Waals surface area contributed by atoms with Gasteiger partial charge in [0.2, 0.25) is 0 Å². The Morgan fingerprint density at radius 1 is 1.59 bits per heavy atom. The number of aryl methyl sites for hydroxylation is 2. The lowest BCUT2D eigenvalue weighted by molar-refractivity contribution is 0.728. The number of aromatic nitrogens is 2. The summed E-state index contributed by atoms with van der Waals surface area (Å²) in [5.41, 5.74) is 2.09. The average Bonchev–Trinajstić information content (AvgIpc) is 2.49. The van der Waals surface area contributed by atoms with Crippen LogP contribution in [0.25, 0.3) is 0 Å². The average molecular weight is 296 g/mol. The SMILES string of the molecule is C=CCSCCNCc1c(C)nn(C)c1Cl.Cl. The molecule has 1 heterocycles. The Kier molecular flexibility index (Phi) is 8.78. The molecule has 0 atom stereocenters. The summed E-state index contributed by atoms with van der Waals surface area (Å²) < 4.78 is 1.71. The molecule has 3 nitrogen and oxygen atoms in total. The van der Waals surface area contributed by atoms with E-state index in [1.807, 2.05) is 31.8 Å². The van der Waals surface area contributed by atoms with Crippen LogP contribution in [-0.2, 0) is 13.6 Å². The molecule has 0 aliphatic heterocycles. The highest BCUT2D eigenvalue weighted by molar-refractivity contribution is 7.99. The predicted octanol–water partition coefficient (Wildman–Crippen LogP) is 2.81. The smallest absolute Gasteiger partial charge is 0.131 e. The topological polar surface area (TPSA) is 29.9 Å². The number of nitrogens with zero attached hydrogens (tertiary/aromatic N) is 2. The van der Waals surface area contributed by atoms with Crippen LogP contribution in [0.2, 0.25) is 5.15 Å². The molecular formula is C11H19Cl2N3S. The van der Waals surface area contributed by atoms with Crippen molar-refractivity contribution in [3.05, 3.63) is 29.1 Å². The van der Waals surface area contributed by atoms with E-state index in [2.05, 4.69) is 17.0 Å². The lowest BCUT2D eigenvalue weighted by Crippen LogP contribution is -2.17. The molecule has 1 aromatic heterocycles. The second-order valence-corrected chi connectivity index (χ2v) is 5.03. The first-order chi connectivity index (χ1) is 7.66. The Labute approximate surface area is 118 Å². The van der Waals surface area contributed by atoms with Gasteiger partial charge in [0.15, 0.2) is 0 Å². The molecule has 0 spiro atoms. The quantitative estimate of drug-likeness (QED) is 0.620. The van der Waals surface area contributed by atoms with Gasteiger partial charge in [-0.25, -0.2) is 0 Å². The van der Waals surface area contributed by atoms with Gasteiger partial charge in [0.05, 0.1) is 5.69 Å². The van der Waals surface area contributed by atoms with Crippen LogP contribution >= 0.6 is 35.8 Å². The standard InChI is InChI=1S/C11H18ClN3S.ClH/c1-4-6-16-7-5-13-8-10-9(2)14-15(3)11(10)12;/h4,13H,1,5-8H2,2-3H3;1H. The van der Waals surface area contributed by atoms with E-state index in [-0.39, 0.29) is 12.4 Å². The van der Waals surface area contributed by atoms with Crippen LogP contribution in [0.4, 0.5) is 0 Å². The zero-order valence-corrected chi connectivity index (χ0v) is 12.6. The summed E-state index contributed by atoms with van der Waals surface area (Å²) in [6.07, 6.45) is 1.92. The molecule has 1 rings (SSSR count). The number of nitrogens with one attached hydrogen (secondary N) is 1. The maximum Gasteiger partial charge on any atom is 0.131 e. The van der Waals surface area contributed by atoms with Gasteiger partial charge >= 0.3 is 0 Å². The van der Waals surface area contributed by atoms with E-state index in [0.29, 0.717) is 0 Å². The molecule has 0 aromatic carbocycles. The summed E-state index contributed by atoms with van der Waals surface area (Å²) >= 11 is 7.99. The first kappa shape index (κ1) is 16.8. The van der Waals surface area contributed by atoms with Crippen molar-refractivity contribution in [2.75, 3.05) is 18.1 Å². The molecule has 0 fully saturated rings. The molecule has 0 radical (unpaired) electrons. The van der Waals surface area contributed by atoms with E-state index >= 15 is 0 Å². The van der Waals surface area contributed by atoms with E-state index in [9.17, 15) is 0 Å². The van der Waals surface area contributed by atoms with Crippen LogP contribution in [0.1, 0.15) is 11.3 Å². The Bertz CT molecular complexity index is 353. The third kappa shape index (κ3) is 5.34. The molecule has 0 aliphatic rings. The van der Waals surface area contributed by atoms with E-state index in [4.69, 9.17) is 11.6 Å². The third-order valence-electron chi connectivity index (χ3n) is 2.23. The molecule has 0 unspecified atom stereocenters. The van der Waals surface area contributed by atoms with Crippen LogP contribution < -0.4 is 5.32 Å². The normalized spacial score (nSPS) is 10.1. The summed E-state index contributed by atoms with van der Waals surface area (Å²) in [6.45, 7) is 7.42. The van der Waals surface area contributed by atoms with Gasteiger partial charge in [-0.15, -0.1) is 19.0 Å². The van der Waals surface area contributed by atoms with Gasteiger partial charge in [0.25, 0.3) is 0 Å². The van der Waals surface area contributed by atoms with Crippen molar-refractivity contribution < 1.29 is 0 Å². The minimum atomic E-state index is 0. The van der Waals surface area contributed by atoms with Crippen LogP contribution in [0, 0.1) is 6.92 Å². The maximum atomic E-state index is 6.12. The van der Waals surface area contributed by atoms with Gasteiger partial charge in [-0.05, 0) is 6.92 Å². The second kappa shape index (κ2) is 8.86. The first-order valence-electron chi connectivity index (χ1n) is 5.24. The van der Waals surface area contributed by atoms with E-state index in [1.165, 1.54) is 0 Å². The second-order valence-electron chi connectivity index (χ2n) is 3.52. The Hall–Kier alpha value is -0.160. The summed E-state index contributed by atoms with van der Waals surface area (Å²) in [5, 5.41) is 8.35. The van der Waals surface area contributed by atoms with Gasteiger partial charge in [0.1, 0.15) is 5.15 Å². The van der Waals surface area contributed by atoms with Crippen molar-refractivity contribution in [1.29, 1.82) is 0 Å². The highest BCUT2D eigenvalue weighted by Gasteiger charge is 2.09. The van der Waals surface area contributed by atoms with Crippen molar-refractivity contribution in [1.82, 2.24) is 15.1 Å². The molecule has 1 aromatic rings. The number of hydrogen-bond donors (Lipinski definition) is 1. The Morgan fingerprint density at radius 2 is 2.29 bits per heavy atom. The van der Waals surface area contributed by atoms with Crippen LogP contribution in [0.3, 0.4) is 0 Å². The van der Waals surface area contributed by atoms with E-state index < -0.39 is 0 Å². The van der Waals surface area contributed by atoms with E-state index in [0.717, 1.165) is 41.0 Å². The summed E-state index contributed by atoms with van der Waals surface area (Å²) in [5.74, 6) is 2.09. The molecule has 1 N–H and O–H groups in total. The molecule has 98 valence electrons. The molecule has 0 aliphatic carbocycles. The summed E-state index contributed by atoms with van der Waals surface area (Å²) in [6, 6.07) is 0. The van der Waals surface area contributed by atoms with Gasteiger partial charge in [-0.2, -0.15) is 16.9 Å². The Balaban J connectivity index is 0.00000256. The number of thioether (sulfide) groups is 1. The minimum Gasteiger partial charge on any atom is -0.312 e. The molecule has 0 amide bonds. The van der Waals surface area contributed by atoms with Crippen molar-refractivity contribution in [2.24, 2.45) is 7.05 Å². The largest absolute Gasteiger partial charge is 0.312 e. The highest BCUT2D eigenvalue weighted by atomic mass is 35.5. The van der Waals surface area contributed by atoms with Gasteiger partial charge in [-0.1, -0.05) is 17.7 Å². The van der Waals surface area contributed by atoms with Crippen molar-refractivity contribution in [3.63, 3.8) is 0 Å². The predicted molar refractivity (Wildman–Crippen MR) is 79.4 cm³/mol. The molecular weight excluding hydrogens is 277 g/mol. The fourth-order valence-corrected chi connectivity index (χ4v) is 2.26. The fraction of sp³-hybridized carbons (Fsp3) is 0.545. The van der Waals surface area contributed by atoms with Crippen LogP contribution in [0.15, 0.2) is 12.7 Å². The lowest BCUT2D eigenvalue weighted by Gasteiger charge is -2.03. The summed E-state index contributed by atoms with van der Waals surface area (Å²) in [4.78, 5) is 0. The third-order valence-corrected chi connectivity index (χ3v) is 3.67. The van der Waals surface area contributed by atoms with Crippen molar-refractivity contribution >= 4 is 35.8 Å². The zero-order valence-electron chi connectivity index (χ0n) is 10.2. The van der Waals surface area contributed by atoms with Gasteiger partial charge in [-0.3, -0.25) is 4.68 Å². The van der Waals surface area contributed by atoms with Crippen molar-refractivity contribution in [2.45, 2.75) is 13.5 Å². The Morgan fingerprint density at radius 3 is 2.82 bits per heavy atom. The highest BCUT2D eigenvalue weighted by Crippen LogP contribution is 2.17. The molecule has 6 heteroatoms. The number of rotatable bonds is 7. The molecule has 0 saturated carbocycles. The minimum absolute atomic E-state index is 0. The molecule has 17 heavy (non-hydrogen) atoms. The number of hydrogen-bond acceptors (Lipinski definition) is 3. The van der Waals surface area contributed by atoms with E-state index in [1.54, 1.807) is 4.68 Å². The lowest BCUT2D eigenvalue weighted by atomic mass is 10.2. The number of halogens is 2. The van der Waals surface area contributed by atoms with Crippen LogP contribution in [-0.4, -0.2) is 27.8 Å².